The predicted octanol–water partition coefficient (Wildman–Crippen LogP) is 7.47. The van der Waals surface area contributed by atoms with Crippen molar-refractivity contribution in [2.75, 3.05) is 25.7 Å². The molecule has 0 radical (unpaired) electrons. The molecular formula is C45H36F6N2O12. The zero-order valence-electron chi connectivity index (χ0n) is 33.8. The lowest BCUT2D eigenvalue weighted by Crippen LogP contribution is -2.39. The Morgan fingerprint density at radius 2 is 0.954 bits per heavy atom. The third-order valence-electron chi connectivity index (χ3n) is 9.04. The summed E-state index contributed by atoms with van der Waals surface area (Å²) in [4.78, 5) is 52.3. The van der Waals surface area contributed by atoms with Gasteiger partial charge >= 0.3 is 24.7 Å². The number of esters is 2. The van der Waals surface area contributed by atoms with Crippen LogP contribution in [0, 0.1) is 0 Å². The number of nitrogen functional groups attached to an aromatic ring is 2. The Kier molecular flexibility index (Phi) is 15.2. The number of ketones is 2. The summed E-state index contributed by atoms with van der Waals surface area (Å²) >= 11 is 0. The van der Waals surface area contributed by atoms with Crippen molar-refractivity contribution >= 4 is 47.0 Å². The van der Waals surface area contributed by atoms with Gasteiger partial charge in [0.15, 0.2) is 34.6 Å². The summed E-state index contributed by atoms with van der Waals surface area (Å²) in [5, 5.41) is 22.7. The molecule has 2 atom stereocenters. The second-order valence-corrected chi connectivity index (χ2v) is 13.5. The molecule has 0 spiro atoms. The molecule has 0 saturated carbocycles. The zero-order chi connectivity index (χ0) is 47.6. The van der Waals surface area contributed by atoms with E-state index in [4.69, 9.17) is 30.4 Å². The molecule has 0 aromatic heterocycles. The van der Waals surface area contributed by atoms with Gasteiger partial charge in [-0.05, 0) is 114 Å². The largest absolute Gasteiger partial charge is 0.573 e. The highest BCUT2D eigenvalue weighted by Crippen LogP contribution is 2.34. The number of alkyl halides is 6. The van der Waals surface area contributed by atoms with E-state index in [2.05, 4.69) is 9.47 Å². The number of carbonyl (C=O) groups is 4. The van der Waals surface area contributed by atoms with Gasteiger partial charge in [-0.2, -0.15) is 0 Å². The van der Waals surface area contributed by atoms with Crippen LogP contribution in [-0.2, 0) is 9.59 Å². The third-order valence-corrected chi connectivity index (χ3v) is 9.04. The molecule has 0 saturated heterocycles. The minimum atomic E-state index is -4.93. The standard InChI is InChI=1S/C45H36F6N2O12/c1-60-37-21-24(5-19-35(37)62-42(58)26-7-12-29(13-8-26)64-44(46,47)48)3-17-33(54)40(56)39(31-16-11-28(52)23-32(31)53)41(57)34(55)18-4-25-6-20-36(38(22-25)61-2)63-43(59)27-9-14-30(15-10-27)65-45(49,50)51/h3-23,39-41,56-57H,52-53H2,1-2H3/b17-3+,18-4+. The van der Waals surface area contributed by atoms with Crippen LogP contribution in [0.4, 0.5) is 37.7 Å². The van der Waals surface area contributed by atoms with Crippen LogP contribution in [0.15, 0.2) is 115 Å². The number of aliphatic hydroxyl groups is 2. The van der Waals surface area contributed by atoms with Gasteiger partial charge in [-0.25, -0.2) is 9.59 Å². The number of hydrogen-bond donors (Lipinski definition) is 4. The van der Waals surface area contributed by atoms with E-state index in [0.29, 0.717) is 11.1 Å². The van der Waals surface area contributed by atoms with Gasteiger partial charge in [0.25, 0.3) is 0 Å². The summed E-state index contributed by atoms with van der Waals surface area (Å²) in [5.41, 5.74) is 12.5. The summed E-state index contributed by atoms with van der Waals surface area (Å²) in [6.45, 7) is 0. The Bertz CT molecular complexity index is 2440. The molecule has 20 heteroatoms. The molecule has 0 bridgehead atoms. The molecular weight excluding hydrogens is 874 g/mol. The number of hydrogen-bond acceptors (Lipinski definition) is 14. The van der Waals surface area contributed by atoms with Gasteiger partial charge in [0, 0.05) is 11.4 Å². The van der Waals surface area contributed by atoms with Gasteiger partial charge in [0.05, 0.1) is 31.3 Å². The van der Waals surface area contributed by atoms with Crippen LogP contribution in [0.3, 0.4) is 0 Å². The summed E-state index contributed by atoms with van der Waals surface area (Å²) in [6.07, 6.45) is -9.55. The Hall–Kier alpha value is -7.84. The Labute approximate surface area is 364 Å². The van der Waals surface area contributed by atoms with E-state index in [0.717, 1.165) is 60.7 Å². The summed E-state index contributed by atoms with van der Waals surface area (Å²) in [6, 6.07) is 20.2. The highest BCUT2D eigenvalue weighted by Gasteiger charge is 2.37. The van der Waals surface area contributed by atoms with Crippen LogP contribution < -0.4 is 39.9 Å². The minimum absolute atomic E-state index is 0.00580. The lowest BCUT2D eigenvalue weighted by molar-refractivity contribution is -0.275. The Morgan fingerprint density at radius 1 is 0.554 bits per heavy atom. The van der Waals surface area contributed by atoms with E-state index < -0.39 is 65.9 Å². The van der Waals surface area contributed by atoms with E-state index in [-0.39, 0.29) is 51.1 Å². The summed E-state index contributed by atoms with van der Waals surface area (Å²) in [7, 11) is 2.51. The summed E-state index contributed by atoms with van der Waals surface area (Å²) in [5.74, 6) is -6.73. The first-order valence-electron chi connectivity index (χ1n) is 18.6. The average molecular weight is 911 g/mol. The Morgan fingerprint density at radius 3 is 1.31 bits per heavy atom. The second kappa shape index (κ2) is 20.6. The van der Waals surface area contributed by atoms with Gasteiger partial charge in [-0.15, -0.1) is 26.3 Å². The maximum Gasteiger partial charge on any atom is 0.573 e. The van der Waals surface area contributed by atoms with Crippen LogP contribution in [-0.4, -0.2) is 72.9 Å². The molecule has 0 heterocycles. The van der Waals surface area contributed by atoms with Crippen molar-refractivity contribution in [2.24, 2.45) is 0 Å². The third kappa shape index (κ3) is 13.3. The van der Waals surface area contributed by atoms with E-state index in [1.165, 1.54) is 81.0 Å². The number of nitrogens with two attached hydrogens (primary N) is 2. The van der Waals surface area contributed by atoms with Crippen LogP contribution >= 0.6 is 0 Å². The molecule has 65 heavy (non-hydrogen) atoms. The first-order chi connectivity index (χ1) is 30.6. The van der Waals surface area contributed by atoms with Gasteiger partial charge in [0.1, 0.15) is 23.7 Å². The van der Waals surface area contributed by atoms with Gasteiger partial charge < -0.3 is 50.1 Å². The van der Waals surface area contributed by atoms with E-state index in [1.54, 1.807) is 0 Å². The average Bonchev–Trinajstić information content (AvgIpc) is 3.25. The molecule has 340 valence electrons. The van der Waals surface area contributed by atoms with E-state index in [9.17, 15) is 55.7 Å². The molecule has 2 unspecified atom stereocenters. The molecule has 5 aromatic carbocycles. The van der Waals surface area contributed by atoms with Crippen molar-refractivity contribution in [1.82, 2.24) is 0 Å². The van der Waals surface area contributed by atoms with Gasteiger partial charge in [-0.1, -0.05) is 30.4 Å². The fraction of sp³-hybridized carbons (Fsp3) is 0.156. The first-order valence-corrected chi connectivity index (χ1v) is 18.6. The van der Waals surface area contributed by atoms with Crippen molar-refractivity contribution in [3.8, 4) is 34.5 Å². The van der Waals surface area contributed by atoms with Crippen molar-refractivity contribution < 1.29 is 84.2 Å². The zero-order valence-corrected chi connectivity index (χ0v) is 33.8. The number of halogens is 6. The second-order valence-electron chi connectivity index (χ2n) is 13.5. The highest BCUT2D eigenvalue weighted by atomic mass is 19.4. The highest BCUT2D eigenvalue weighted by molar-refractivity contribution is 6.01. The molecule has 6 N–H and O–H groups in total. The van der Waals surface area contributed by atoms with E-state index in [1.807, 2.05) is 0 Å². The molecule has 5 rings (SSSR count). The maximum atomic E-state index is 13.5. The van der Waals surface area contributed by atoms with Crippen LogP contribution in [0.5, 0.6) is 34.5 Å². The lowest BCUT2D eigenvalue weighted by Gasteiger charge is -2.26. The number of benzene rings is 5. The van der Waals surface area contributed by atoms with Crippen LogP contribution in [0.2, 0.25) is 0 Å². The smallest absolute Gasteiger partial charge is 0.493 e. The van der Waals surface area contributed by atoms with E-state index >= 15 is 0 Å². The number of rotatable bonds is 17. The topological polar surface area (TPSA) is 216 Å². The molecule has 5 aromatic rings. The van der Waals surface area contributed by atoms with Crippen molar-refractivity contribution in [1.29, 1.82) is 0 Å². The molecule has 0 amide bonds. The van der Waals surface area contributed by atoms with Gasteiger partial charge in [-0.3, -0.25) is 9.59 Å². The van der Waals surface area contributed by atoms with Crippen molar-refractivity contribution in [2.45, 2.75) is 30.9 Å². The van der Waals surface area contributed by atoms with Crippen LogP contribution in [0.25, 0.3) is 12.2 Å². The van der Waals surface area contributed by atoms with Crippen molar-refractivity contribution in [3.05, 3.63) is 143 Å². The molecule has 14 nitrogen and oxygen atoms in total. The lowest BCUT2D eigenvalue weighted by atomic mass is 9.83. The maximum absolute atomic E-state index is 13.5. The van der Waals surface area contributed by atoms with Gasteiger partial charge in [0.2, 0.25) is 0 Å². The normalized spacial score (nSPS) is 13.1. The molecule has 0 fully saturated rings. The monoisotopic (exact) mass is 910 g/mol. The number of anilines is 2. The molecule has 0 aliphatic heterocycles. The fourth-order valence-electron chi connectivity index (χ4n) is 5.96. The quantitative estimate of drug-likeness (QED) is 0.0234. The number of methoxy groups -OCH3 is 2. The number of aliphatic hydroxyl groups excluding tert-OH is 2. The summed E-state index contributed by atoms with van der Waals surface area (Å²) < 4.78 is 104. The van der Waals surface area contributed by atoms with Crippen LogP contribution in [0.1, 0.15) is 43.3 Å². The fourth-order valence-corrected chi connectivity index (χ4v) is 5.96. The van der Waals surface area contributed by atoms with Crippen molar-refractivity contribution in [3.63, 3.8) is 0 Å². The SMILES string of the molecule is COc1cc(/C=C/C(=O)C(O)C(c2ccc(N)cc2N)C(O)C(=O)/C=C/c2ccc(OC(=O)c3ccc(OC(F)(F)F)cc3)c(OC)c2)ccc1OC(=O)c1ccc(OC(F)(F)F)cc1. The minimum Gasteiger partial charge on any atom is -0.493 e. The number of ether oxygens (including phenoxy) is 6. The Balaban J connectivity index is 1.29. The molecule has 0 aliphatic rings. The predicted molar refractivity (Wildman–Crippen MR) is 220 cm³/mol. The molecule has 0 aliphatic carbocycles. The first kappa shape index (κ1) is 48.2. The number of carbonyl (C=O) groups excluding carboxylic acids is 4.